The molecular formula is C16H20N2O2. The predicted octanol–water partition coefficient (Wildman–Crippen LogP) is 2.71. The van der Waals surface area contributed by atoms with Gasteiger partial charge in [-0.2, -0.15) is 0 Å². The summed E-state index contributed by atoms with van der Waals surface area (Å²) >= 11 is 0. The number of nitrogens with two attached hydrogens (primary N) is 1. The van der Waals surface area contributed by atoms with Gasteiger partial charge in [0.25, 0.3) is 0 Å². The quantitative estimate of drug-likeness (QED) is 0.909. The largest absolute Gasteiger partial charge is 0.497 e. The van der Waals surface area contributed by atoms with Crippen LogP contribution in [0.3, 0.4) is 0 Å². The van der Waals surface area contributed by atoms with Crippen LogP contribution in [0.15, 0.2) is 36.5 Å². The number of nitrogens with zero attached hydrogens (tertiary/aromatic N) is 1. The molecule has 0 saturated carbocycles. The highest BCUT2D eigenvalue weighted by molar-refractivity contribution is 5.43. The summed E-state index contributed by atoms with van der Waals surface area (Å²) in [4.78, 5) is 4.43. The molecule has 0 amide bonds. The van der Waals surface area contributed by atoms with E-state index in [0.29, 0.717) is 0 Å². The lowest BCUT2D eigenvalue weighted by Gasteiger charge is -2.17. The Balaban J connectivity index is 2.44. The summed E-state index contributed by atoms with van der Waals surface area (Å²) < 4.78 is 10.6. The fourth-order valence-electron chi connectivity index (χ4n) is 2.20. The Morgan fingerprint density at radius 2 is 1.80 bits per heavy atom. The minimum Gasteiger partial charge on any atom is -0.497 e. The van der Waals surface area contributed by atoms with Gasteiger partial charge in [-0.25, -0.2) is 0 Å². The summed E-state index contributed by atoms with van der Waals surface area (Å²) in [5.74, 6) is 1.45. The third-order valence-electron chi connectivity index (χ3n) is 3.33. The first-order valence-electron chi connectivity index (χ1n) is 6.62. The number of benzene rings is 1. The summed E-state index contributed by atoms with van der Waals surface area (Å²) in [7, 11) is 3.25. The SMILES string of the molecule is CCc1cccnc1C(N)c1cc(OC)cc(OC)c1. The van der Waals surface area contributed by atoms with E-state index in [4.69, 9.17) is 15.2 Å². The molecule has 2 N–H and O–H groups in total. The van der Waals surface area contributed by atoms with Crippen LogP contribution >= 0.6 is 0 Å². The van der Waals surface area contributed by atoms with E-state index in [0.717, 1.165) is 34.7 Å². The molecule has 0 aliphatic heterocycles. The van der Waals surface area contributed by atoms with Crippen LogP contribution in [-0.4, -0.2) is 19.2 Å². The summed E-state index contributed by atoms with van der Waals surface area (Å²) in [6.07, 6.45) is 2.67. The molecule has 0 radical (unpaired) electrons. The van der Waals surface area contributed by atoms with Gasteiger partial charge >= 0.3 is 0 Å². The molecule has 106 valence electrons. The van der Waals surface area contributed by atoms with Crippen LogP contribution < -0.4 is 15.2 Å². The van der Waals surface area contributed by atoms with Gasteiger partial charge in [0.1, 0.15) is 11.5 Å². The van der Waals surface area contributed by atoms with Crippen molar-refractivity contribution in [2.24, 2.45) is 5.73 Å². The molecule has 20 heavy (non-hydrogen) atoms. The molecule has 1 aromatic heterocycles. The third kappa shape index (κ3) is 2.91. The Morgan fingerprint density at radius 1 is 1.15 bits per heavy atom. The second kappa shape index (κ2) is 6.39. The fourth-order valence-corrected chi connectivity index (χ4v) is 2.20. The number of aromatic nitrogens is 1. The summed E-state index contributed by atoms with van der Waals surface area (Å²) in [6, 6.07) is 9.36. The average molecular weight is 272 g/mol. The zero-order chi connectivity index (χ0) is 14.5. The van der Waals surface area contributed by atoms with Gasteiger partial charge in [-0.05, 0) is 35.7 Å². The molecule has 1 atom stereocenters. The second-order valence-corrected chi connectivity index (χ2v) is 4.52. The molecular weight excluding hydrogens is 252 g/mol. The molecule has 1 heterocycles. The average Bonchev–Trinajstić information content (AvgIpc) is 2.53. The van der Waals surface area contributed by atoms with Crippen molar-refractivity contribution in [2.45, 2.75) is 19.4 Å². The molecule has 0 bridgehead atoms. The van der Waals surface area contributed by atoms with Crippen molar-refractivity contribution in [2.75, 3.05) is 14.2 Å². The zero-order valence-electron chi connectivity index (χ0n) is 12.1. The molecule has 4 heteroatoms. The summed E-state index contributed by atoms with van der Waals surface area (Å²) in [5, 5.41) is 0. The van der Waals surface area contributed by atoms with Crippen LogP contribution in [0.4, 0.5) is 0 Å². The van der Waals surface area contributed by atoms with Gasteiger partial charge in [-0.15, -0.1) is 0 Å². The minimum absolute atomic E-state index is 0.296. The first-order valence-corrected chi connectivity index (χ1v) is 6.62. The second-order valence-electron chi connectivity index (χ2n) is 4.52. The third-order valence-corrected chi connectivity index (χ3v) is 3.33. The Bertz CT molecular complexity index is 562. The van der Waals surface area contributed by atoms with E-state index in [-0.39, 0.29) is 6.04 Å². The maximum atomic E-state index is 6.37. The summed E-state index contributed by atoms with van der Waals surface area (Å²) in [6.45, 7) is 2.10. The van der Waals surface area contributed by atoms with Crippen LogP contribution in [0.5, 0.6) is 11.5 Å². The molecule has 0 fully saturated rings. The molecule has 1 aromatic carbocycles. The van der Waals surface area contributed by atoms with Gasteiger partial charge < -0.3 is 15.2 Å². The van der Waals surface area contributed by atoms with Crippen molar-refractivity contribution >= 4 is 0 Å². The number of aryl methyl sites for hydroxylation is 1. The Labute approximate surface area is 119 Å². The number of methoxy groups -OCH3 is 2. The van der Waals surface area contributed by atoms with Gasteiger partial charge in [0.2, 0.25) is 0 Å². The Hall–Kier alpha value is -2.07. The first kappa shape index (κ1) is 14.3. The van der Waals surface area contributed by atoms with E-state index in [2.05, 4.69) is 18.0 Å². The molecule has 0 aliphatic carbocycles. The maximum absolute atomic E-state index is 6.37. The van der Waals surface area contributed by atoms with Crippen molar-refractivity contribution in [1.82, 2.24) is 4.98 Å². The number of ether oxygens (including phenoxy) is 2. The minimum atomic E-state index is -0.296. The van der Waals surface area contributed by atoms with Crippen molar-refractivity contribution in [1.29, 1.82) is 0 Å². The van der Waals surface area contributed by atoms with Crippen LogP contribution in [0.2, 0.25) is 0 Å². The Kier molecular flexibility index (Phi) is 4.58. The monoisotopic (exact) mass is 272 g/mol. The molecule has 0 spiro atoms. The van der Waals surface area contributed by atoms with Crippen molar-refractivity contribution in [3.63, 3.8) is 0 Å². The predicted molar refractivity (Wildman–Crippen MR) is 79.2 cm³/mol. The number of pyridine rings is 1. The molecule has 2 rings (SSSR count). The van der Waals surface area contributed by atoms with E-state index in [1.165, 1.54) is 0 Å². The highest BCUT2D eigenvalue weighted by atomic mass is 16.5. The normalized spacial score (nSPS) is 12.0. The summed E-state index contributed by atoms with van der Waals surface area (Å²) in [5.41, 5.74) is 9.34. The van der Waals surface area contributed by atoms with Crippen LogP contribution in [0.25, 0.3) is 0 Å². The van der Waals surface area contributed by atoms with Gasteiger partial charge in [-0.3, -0.25) is 4.98 Å². The van der Waals surface area contributed by atoms with E-state index < -0.39 is 0 Å². The topological polar surface area (TPSA) is 57.4 Å². The van der Waals surface area contributed by atoms with Crippen LogP contribution in [-0.2, 0) is 6.42 Å². The standard InChI is InChI=1S/C16H20N2O2/c1-4-11-6-5-7-18-16(11)15(17)12-8-13(19-2)10-14(9-12)20-3/h5-10,15H,4,17H2,1-3H3. The maximum Gasteiger partial charge on any atom is 0.122 e. The van der Waals surface area contributed by atoms with Gasteiger partial charge in [-0.1, -0.05) is 13.0 Å². The fraction of sp³-hybridized carbons (Fsp3) is 0.312. The number of hydrogen-bond acceptors (Lipinski definition) is 4. The molecule has 0 saturated heterocycles. The lowest BCUT2D eigenvalue weighted by atomic mass is 9.98. The van der Waals surface area contributed by atoms with E-state index >= 15 is 0 Å². The highest BCUT2D eigenvalue weighted by Gasteiger charge is 2.15. The van der Waals surface area contributed by atoms with E-state index in [1.807, 2.05) is 24.3 Å². The van der Waals surface area contributed by atoms with Gasteiger partial charge in [0.15, 0.2) is 0 Å². The van der Waals surface area contributed by atoms with Crippen molar-refractivity contribution in [3.8, 4) is 11.5 Å². The van der Waals surface area contributed by atoms with E-state index in [9.17, 15) is 0 Å². The van der Waals surface area contributed by atoms with Crippen molar-refractivity contribution < 1.29 is 9.47 Å². The number of rotatable bonds is 5. The smallest absolute Gasteiger partial charge is 0.122 e. The molecule has 4 nitrogen and oxygen atoms in total. The first-order chi connectivity index (χ1) is 9.69. The molecule has 0 aliphatic rings. The van der Waals surface area contributed by atoms with Crippen LogP contribution in [0, 0.1) is 0 Å². The van der Waals surface area contributed by atoms with Crippen LogP contribution in [0.1, 0.15) is 29.8 Å². The lowest BCUT2D eigenvalue weighted by Crippen LogP contribution is -2.16. The van der Waals surface area contributed by atoms with Gasteiger partial charge in [0.05, 0.1) is 26.0 Å². The van der Waals surface area contributed by atoms with Crippen molar-refractivity contribution in [3.05, 3.63) is 53.3 Å². The van der Waals surface area contributed by atoms with E-state index in [1.54, 1.807) is 20.4 Å². The molecule has 2 aromatic rings. The van der Waals surface area contributed by atoms with Gasteiger partial charge in [0, 0.05) is 12.3 Å². The Morgan fingerprint density at radius 3 is 2.35 bits per heavy atom. The highest BCUT2D eigenvalue weighted by Crippen LogP contribution is 2.29. The lowest BCUT2D eigenvalue weighted by molar-refractivity contribution is 0.393. The number of hydrogen-bond donors (Lipinski definition) is 1. The zero-order valence-corrected chi connectivity index (χ0v) is 12.1. The molecule has 1 unspecified atom stereocenters.